The van der Waals surface area contributed by atoms with Gasteiger partial charge in [0.25, 0.3) is 0 Å². The van der Waals surface area contributed by atoms with Gasteiger partial charge in [-0.1, -0.05) is 74.0 Å². The van der Waals surface area contributed by atoms with Gasteiger partial charge in [-0.2, -0.15) is 0 Å². The molecule has 0 aromatic carbocycles. The van der Waals surface area contributed by atoms with Gasteiger partial charge in [0.1, 0.15) is 29.9 Å². The van der Waals surface area contributed by atoms with Gasteiger partial charge < -0.3 is 39.9 Å². The van der Waals surface area contributed by atoms with Crippen molar-refractivity contribution in [2.24, 2.45) is 121 Å². The Morgan fingerprint density at radius 3 is 1.24 bits per heavy atom. The molecule has 0 aromatic rings. The first-order valence-corrected chi connectivity index (χ1v) is 34.6. The van der Waals surface area contributed by atoms with Crippen LogP contribution in [0.2, 0.25) is 0 Å². The highest BCUT2D eigenvalue weighted by molar-refractivity contribution is 5.86. The summed E-state index contributed by atoms with van der Waals surface area (Å²) >= 11 is 0. The molecule has 0 aromatic heterocycles. The van der Waals surface area contributed by atoms with Crippen LogP contribution in [0.25, 0.3) is 0 Å². The first kappa shape index (κ1) is 67.8. The molecule has 24 atom stereocenters. The van der Waals surface area contributed by atoms with Crippen LogP contribution in [0.4, 0.5) is 0 Å². The van der Waals surface area contributed by atoms with E-state index in [9.17, 15) is 48.9 Å². The molecule has 0 saturated heterocycles. The summed E-state index contributed by atoms with van der Waals surface area (Å²) in [6.45, 7) is 22.5. The standard InChI is InChI=1S/C25H40O4.C24H38O5.C24H38O3/c1-16(5-6-17(2)27)20-7-8-21-19(11-14-26)22(10-13-24(20,21)3)25(4)12-9-18(28)15-23(25)29;1-15(4-7-22(28)29)18-5-6-19-17(10-13-25)20(9-12-23(18,19)2)24(3)11-8-16(26)14-21(24)27;1-15(4-9-22(26)27)19-7-8-20-18-6-5-16-14-17(25)10-12-23(16,2)21(18)11-13-24(19,20)3/h14,16,18-22,28H,5-13,15H2,1-4H3;13,15-20,26H,4-12,14H2,1-3H3,(H,28,29);5,15,17-21,25H,4,6-14H2,1-3H3,(H,26,27)/t16-,18+,19?,20-,21?,22?,24-,25-;15-,16+,17?,18-,19?,20?,23-,24-;15-,17+,18?,19-,20?,21?,23+,24-/m111/s1. The number of hydrogen-bond acceptors (Lipinski definition) is 10. The van der Waals surface area contributed by atoms with Gasteiger partial charge in [0.2, 0.25) is 0 Å². The van der Waals surface area contributed by atoms with Crippen LogP contribution < -0.4 is 0 Å². The van der Waals surface area contributed by atoms with Gasteiger partial charge in [-0.15, -0.1) is 0 Å². The van der Waals surface area contributed by atoms with Crippen LogP contribution in [0.3, 0.4) is 0 Å². The molecule has 12 heteroatoms. The minimum absolute atomic E-state index is 0.121. The zero-order valence-corrected chi connectivity index (χ0v) is 54.4. The highest BCUT2D eigenvalue weighted by atomic mass is 16.4. The van der Waals surface area contributed by atoms with Crippen molar-refractivity contribution in [2.45, 2.75) is 280 Å². The van der Waals surface area contributed by atoms with Gasteiger partial charge in [0, 0.05) is 55.8 Å². The van der Waals surface area contributed by atoms with Gasteiger partial charge >= 0.3 is 11.9 Å². The maximum absolute atomic E-state index is 13.0. The maximum Gasteiger partial charge on any atom is 0.303 e. The topological polar surface area (TPSA) is 221 Å². The molecule has 10 aliphatic rings. The average Bonchev–Trinajstić information content (AvgIpc) is 1.78. The normalized spacial score (nSPS) is 44.8. The van der Waals surface area contributed by atoms with Crippen LogP contribution in [-0.4, -0.2) is 85.7 Å². The number of fused-ring (bicyclic) bond motifs is 7. The first-order chi connectivity index (χ1) is 40.0. The molecule has 0 aliphatic heterocycles. The molecular formula is C73H116O12. The van der Waals surface area contributed by atoms with E-state index in [1.807, 2.05) is 0 Å². The van der Waals surface area contributed by atoms with E-state index >= 15 is 0 Å². The van der Waals surface area contributed by atoms with E-state index < -0.39 is 35.0 Å². The van der Waals surface area contributed by atoms with Crippen LogP contribution in [0.5, 0.6) is 0 Å². The zero-order valence-electron chi connectivity index (χ0n) is 54.4. The highest BCUT2D eigenvalue weighted by Crippen LogP contribution is 2.69. The minimum atomic E-state index is -0.731. The third-order valence-corrected chi connectivity index (χ3v) is 28.3. The molecule has 0 heterocycles. The number of ketones is 3. The monoisotopic (exact) mass is 1180 g/mol. The Morgan fingerprint density at radius 2 is 0.847 bits per heavy atom. The van der Waals surface area contributed by atoms with Crippen molar-refractivity contribution in [3.63, 3.8) is 0 Å². The molecule has 0 radical (unpaired) electrons. The van der Waals surface area contributed by atoms with Crippen molar-refractivity contribution in [3.05, 3.63) is 11.6 Å². The number of rotatable bonds is 18. The van der Waals surface area contributed by atoms with Crippen molar-refractivity contribution in [1.29, 1.82) is 0 Å². The molecule has 480 valence electrons. The number of carbonyl (C=O) groups is 7. The summed E-state index contributed by atoms with van der Waals surface area (Å²) in [5, 5.41) is 48.2. The Balaban J connectivity index is 0.000000166. The molecular weight excluding hydrogens is 1070 g/mol. The third kappa shape index (κ3) is 13.4. The van der Waals surface area contributed by atoms with Gasteiger partial charge in [0.15, 0.2) is 0 Å². The second-order valence-electron chi connectivity index (χ2n) is 32.4. The lowest BCUT2D eigenvalue weighted by Gasteiger charge is -2.58. The number of aliphatic hydroxyl groups is 3. The molecule has 85 heavy (non-hydrogen) atoms. The Hall–Kier alpha value is -3.09. The van der Waals surface area contributed by atoms with E-state index in [-0.39, 0.29) is 77.2 Å². The summed E-state index contributed by atoms with van der Waals surface area (Å²) in [6, 6.07) is 0. The number of aldehydes is 2. The van der Waals surface area contributed by atoms with Gasteiger partial charge in [0.05, 0.1) is 18.3 Å². The molecule has 9 fully saturated rings. The number of aliphatic hydroxyl groups excluding tert-OH is 3. The predicted molar refractivity (Wildman–Crippen MR) is 331 cm³/mol. The number of carbonyl (C=O) groups excluding carboxylic acids is 5. The number of hydrogen-bond donors (Lipinski definition) is 5. The summed E-state index contributed by atoms with van der Waals surface area (Å²) < 4.78 is 0. The first-order valence-electron chi connectivity index (χ1n) is 34.6. The fraction of sp³-hybridized carbons (Fsp3) is 0.877. The van der Waals surface area contributed by atoms with E-state index in [0.29, 0.717) is 103 Å². The number of Topliss-reactive ketones (excluding diaryl/α,β-unsaturated/α-hetero) is 3. The Bertz CT molecular complexity index is 2320. The third-order valence-electron chi connectivity index (χ3n) is 28.3. The second-order valence-corrected chi connectivity index (χ2v) is 32.4. The quantitative estimate of drug-likeness (QED) is 0.0639. The maximum atomic E-state index is 13.0. The van der Waals surface area contributed by atoms with E-state index in [4.69, 9.17) is 10.2 Å². The molecule has 0 spiro atoms. The molecule has 0 amide bonds. The van der Waals surface area contributed by atoms with Crippen molar-refractivity contribution < 1.29 is 59.1 Å². The lowest BCUT2D eigenvalue weighted by Crippen LogP contribution is -2.51. The second kappa shape index (κ2) is 27.2. The summed E-state index contributed by atoms with van der Waals surface area (Å²) in [5.41, 5.74) is 1.76. The highest BCUT2D eigenvalue weighted by Gasteiger charge is 2.62. The van der Waals surface area contributed by atoms with Crippen molar-refractivity contribution in [1.82, 2.24) is 0 Å². The molecule has 10 rings (SSSR count). The van der Waals surface area contributed by atoms with Crippen molar-refractivity contribution >= 4 is 41.9 Å². The molecule has 9 saturated carbocycles. The van der Waals surface area contributed by atoms with Gasteiger partial charge in [-0.3, -0.25) is 19.2 Å². The van der Waals surface area contributed by atoms with E-state index in [1.54, 1.807) is 12.5 Å². The lowest BCUT2D eigenvalue weighted by molar-refractivity contribution is -0.146. The zero-order chi connectivity index (χ0) is 62.2. The van der Waals surface area contributed by atoms with E-state index in [0.717, 1.165) is 120 Å². The smallest absolute Gasteiger partial charge is 0.303 e. The fourth-order valence-corrected chi connectivity index (χ4v) is 23.4. The molecule has 5 N–H and O–H groups in total. The molecule has 9 unspecified atom stereocenters. The number of allylic oxidation sites excluding steroid dienone is 1. The van der Waals surface area contributed by atoms with Crippen LogP contribution in [0.1, 0.15) is 262 Å². The number of carboxylic acid groups (broad SMARTS) is 2. The molecule has 0 bridgehead atoms. The van der Waals surface area contributed by atoms with Gasteiger partial charge in [-0.05, 0) is 265 Å². The van der Waals surface area contributed by atoms with Crippen LogP contribution in [-0.2, 0) is 33.6 Å². The Kier molecular flexibility index (Phi) is 21.7. The summed E-state index contributed by atoms with van der Waals surface area (Å²) in [7, 11) is 0. The van der Waals surface area contributed by atoms with Crippen molar-refractivity contribution in [3.8, 4) is 0 Å². The number of aliphatic carboxylic acids is 2. The lowest BCUT2D eigenvalue weighted by atomic mass is 9.47. The predicted octanol–water partition coefficient (Wildman–Crippen LogP) is 14.4. The van der Waals surface area contributed by atoms with Crippen LogP contribution >= 0.6 is 0 Å². The van der Waals surface area contributed by atoms with Crippen LogP contribution in [0.15, 0.2) is 11.6 Å². The Labute approximate surface area is 511 Å². The Morgan fingerprint density at radius 1 is 0.482 bits per heavy atom. The molecule has 10 aliphatic carbocycles. The number of carboxylic acids is 2. The average molecular weight is 1190 g/mol. The largest absolute Gasteiger partial charge is 0.481 e. The van der Waals surface area contributed by atoms with Crippen molar-refractivity contribution in [2.75, 3.05) is 0 Å². The summed E-state index contributed by atoms with van der Waals surface area (Å²) in [5.74, 6) is 6.63. The SMILES string of the molecule is CC(=O)CC[C@@H](C)[C@H]1CCC2C(CC=O)C([C@@]3(C)CC[C@H](O)CC3=O)CC[C@@]21C.C[C@H](CCC(=O)O)[C@H]1CCC2C(CC=O)C([C@@]3(C)CC[C@H](O)CC3=O)CC[C@@]21C.C[C@H](CCC(=O)O)[C@H]1CCC2C3CC=C4C[C@@H](O)CC[C@]4(C)C3CC[C@@]21C. The fourth-order valence-electron chi connectivity index (χ4n) is 23.4. The minimum Gasteiger partial charge on any atom is -0.481 e. The van der Waals surface area contributed by atoms with Crippen LogP contribution in [0, 0.1) is 121 Å². The molecule has 12 nitrogen and oxygen atoms in total. The summed E-state index contributed by atoms with van der Waals surface area (Å²) in [4.78, 5) is 82.8. The van der Waals surface area contributed by atoms with Gasteiger partial charge in [-0.25, -0.2) is 0 Å². The van der Waals surface area contributed by atoms with E-state index in [2.05, 4.69) is 68.4 Å². The summed E-state index contributed by atoms with van der Waals surface area (Å²) in [6.07, 6.45) is 29.6. The van der Waals surface area contributed by atoms with E-state index in [1.165, 1.54) is 38.5 Å².